The minimum atomic E-state index is -2.94. The van der Waals surface area contributed by atoms with Crippen LogP contribution in [0.5, 0.6) is 5.75 Å². The summed E-state index contributed by atoms with van der Waals surface area (Å²) >= 11 is 0. The number of benzene rings is 2. The highest BCUT2D eigenvalue weighted by atomic mass is 19.3. The van der Waals surface area contributed by atoms with Gasteiger partial charge in [0.05, 0.1) is 35.0 Å². The summed E-state index contributed by atoms with van der Waals surface area (Å²) < 4.78 is 44.4. The average molecular weight is 454 g/mol. The molecule has 5 rings (SSSR count). The van der Waals surface area contributed by atoms with Crippen LogP contribution in [-0.4, -0.2) is 55.7 Å². The Hall–Kier alpha value is -4.15. The summed E-state index contributed by atoms with van der Waals surface area (Å²) in [4.78, 5) is 14.7. The van der Waals surface area contributed by atoms with E-state index in [1.165, 1.54) is 35.1 Å². The third-order valence-electron chi connectivity index (χ3n) is 5.39. The van der Waals surface area contributed by atoms with Gasteiger partial charge in [0.1, 0.15) is 11.6 Å². The Labute approximate surface area is 185 Å². The molecular weight excluding hydrogens is 437 g/mol. The van der Waals surface area contributed by atoms with Crippen LogP contribution in [-0.2, 0) is 0 Å². The topological polar surface area (TPSA) is 88.9 Å². The molecule has 2 aromatic carbocycles. The molecule has 33 heavy (non-hydrogen) atoms. The van der Waals surface area contributed by atoms with Crippen LogP contribution in [0, 0.1) is 5.82 Å². The van der Waals surface area contributed by atoms with Crippen molar-refractivity contribution in [2.24, 2.45) is 0 Å². The van der Waals surface area contributed by atoms with E-state index in [-0.39, 0.29) is 23.4 Å². The number of aromatic nitrogens is 5. The minimum Gasteiger partial charge on any atom is -0.435 e. The van der Waals surface area contributed by atoms with Gasteiger partial charge in [-0.3, -0.25) is 9.89 Å². The third kappa shape index (κ3) is 4.16. The number of carbonyl (C=O) groups is 1. The first kappa shape index (κ1) is 20.7. The number of aromatic amines is 1. The van der Waals surface area contributed by atoms with Crippen LogP contribution in [0.25, 0.3) is 16.9 Å². The second kappa shape index (κ2) is 8.41. The number of likely N-dealkylation sites (tertiary alicyclic amines) is 1. The van der Waals surface area contributed by atoms with Crippen LogP contribution < -0.4 is 4.74 Å². The summed E-state index contributed by atoms with van der Waals surface area (Å²) in [5, 5.41) is 14.9. The Balaban J connectivity index is 1.28. The summed E-state index contributed by atoms with van der Waals surface area (Å²) in [7, 11) is 0. The van der Waals surface area contributed by atoms with Crippen molar-refractivity contribution in [2.45, 2.75) is 12.5 Å². The monoisotopic (exact) mass is 454 g/mol. The highest BCUT2D eigenvalue weighted by molar-refractivity contribution is 6.00. The Morgan fingerprint density at radius 3 is 2.76 bits per heavy atom. The quantitative estimate of drug-likeness (QED) is 0.481. The summed E-state index contributed by atoms with van der Waals surface area (Å²) in [5.74, 6) is -0.629. The number of ether oxygens (including phenoxy) is 1. The molecule has 1 fully saturated rings. The lowest BCUT2D eigenvalue weighted by atomic mass is 9.95. The third-order valence-corrected chi connectivity index (χ3v) is 5.39. The highest BCUT2D eigenvalue weighted by Crippen LogP contribution is 2.31. The van der Waals surface area contributed by atoms with Crippen molar-refractivity contribution in [1.29, 1.82) is 0 Å². The van der Waals surface area contributed by atoms with E-state index in [2.05, 4.69) is 25.2 Å². The summed E-state index contributed by atoms with van der Waals surface area (Å²) in [6.07, 6.45) is 3.13. The molecule has 1 aliphatic heterocycles. The molecule has 1 N–H and O–H groups in total. The standard InChI is InChI=1S/C22H17F3N6O2/c23-15-4-2-5-16(8-15)31-12-19(27-29-31)14-10-30(11-14)21(32)18-9-26-28-20(18)13-3-1-6-17(7-13)33-22(24)25/h1-9,12,14,22H,10-11H2,(H,26,28). The average Bonchev–Trinajstić information content (AvgIpc) is 3.43. The Morgan fingerprint density at radius 2 is 1.97 bits per heavy atom. The van der Waals surface area contributed by atoms with E-state index in [9.17, 15) is 18.0 Å². The Bertz CT molecular complexity index is 1300. The van der Waals surface area contributed by atoms with Crippen molar-refractivity contribution < 1.29 is 22.7 Å². The van der Waals surface area contributed by atoms with Gasteiger partial charge >= 0.3 is 6.61 Å². The zero-order chi connectivity index (χ0) is 22.9. The fourth-order valence-corrected chi connectivity index (χ4v) is 3.71. The number of hydrogen-bond donors (Lipinski definition) is 1. The molecule has 168 valence electrons. The molecule has 0 aliphatic carbocycles. The van der Waals surface area contributed by atoms with Crippen LogP contribution in [0.1, 0.15) is 22.0 Å². The molecule has 1 saturated heterocycles. The van der Waals surface area contributed by atoms with Crippen LogP contribution in [0.4, 0.5) is 13.2 Å². The molecule has 11 heteroatoms. The molecule has 0 atom stereocenters. The van der Waals surface area contributed by atoms with E-state index in [1.54, 1.807) is 35.4 Å². The number of hydrogen-bond acceptors (Lipinski definition) is 5. The van der Waals surface area contributed by atoms with E-state index in [0.29, 0.717) is 41.3 Å². The zero-order valence-electron chi connectivity index (χ0n) is 17.0. The van der Waals surface area contributed by atoms with Gasteiger partial charge in [0, 0.05) is 24.6 Å². The van der Waals surface area contributed by atoms with E-state index in [0.717, 1.165) is 0 Å². The first-order valence-electron chi connectivity index (χ1n) is 10.0. The molecule has 0 bridgehead atoms. The second-order valence-electron chi connectivity index (χ2n) is 7.54. The molecule has 0 unspecified atom stereocenters. The number of nitrogens with one attached hydrogen (secondary N) is 1. The smallest absolute Gasteiger partial charge is 0.387 e. The highest BCUT2D eigenvalue weighted by Gasteiger charge is 2.35. The Kier molecular flexibility index (Phi) is 5.29. The van der Waals surface area contributed by atoms with Gasteiger partial charge < -0.3 is 9.64 Å². The largest absolute Gasteiger partial charge is 0.435 e. The fourth-order valence-electron chi connectivity index (χ4n) is 3.71. The SMILES string of the molecule is O=C(c1cn[nH]c1-c1cccc(OC(F)F)c1)N1CC(c2cn(-c3cccc(F)c3)nn2)C1. The van der Waals surface area contributed by atoms with Crippen molar-refractivity contribution in [3.05, 3.63) is 78.0 Å². The van der Waals surface area contributed by atoms with Gasteiger partial charge in [-0.15, -0.1) is 5.10 Å². The van der Waals surface area contributed by atoms with E-state index in [1.807, 2.05) is 0 Å². The van der Waals surface area contributed by atoms with E-state index < -0.39 is 6.61 Å². The van der Waals surface area contributed by atoms with E-state index >= 15 is 0 Å². The van der Waals surface area contributed by atoms with Crippen molar-refractivity contribution in [2.75, 3.05) is 13.1 Å². The molecule has 0 spiro atoms. The lowest BCUT2D eigenvalue weighted by Gasteiger charge is -2.38. The van der Waals surface area contributed by atoms with Crippen LogP contribution in [0.3, 0.4) is 0 Å². The maximum atomic E-state index is 13.4. The van der Waals surface area contributed by atoms with Crippen molar-refractivity contribution in [3.63, 3.8) is 0 Å². The molecule has 2 aromatic heterocycles. The second-order valence-corrected chi connectivity index (χ2v) is 7.54. The molecule has 1 amide bonds. The van der Waals surface area contributed by atoms with Gasteiger partial charge in [-0.2, -0.15) is 13.9 Å². The lowest BCUT2D eigenvalue weighted by Crippen LogP contribution is -2.48. The molecule has 4 aromatic rings. The fraction of sp³-hybridized carbons (Fsp3) is 0.182. The minimum absolute atomic E-state index is 0.00520. The van der Waals surface area contributed by atoms with Gasteiger partial charge in [0.25, 0.3) is 5.91 Å². The maximum absolute atomic E-state index is 13.4. The first-order chi connectivity index (χ1) is 16.0. The zero-order valence-corrected chi connectivity index (χ0v) is 17.0. The molecule has 0 saturated carbocycles. The molecule has 8 nitrogen and oxygen atoms in total. The van der Waals surface area contributed by atoms with Gasteiger partial charge in [-0.25, -0.2) is 9.07 Å². The van der Waals surface area contributed by atoms with Gasteiger partial charge in [0.2, 0.25) is 0 Å². The first-order valence-corrected chi connectivity index (χ1v) is 10.0. The van der Waals surface area contributed by atoms with Crippen LogP contribution >= 0.6 is 0 Å². The Morgan fingerprint density at radius 1 is 1.15 bits per heavy atom. The molecular formula is C22H17F3N6O2. The summed E-state index contributed by atoms with van der Waals surface area (Å²) in [6.45, 7) is -2.08. The van der Waals surface area contributed by atoms with Crippen molar-refractivity contribution in [3.8, 4) is 22.7 Å². The lowest BCUT2D eigenvalue weighted by molar-refractivity contribution is -0.0498. The maximum Gasteiger partial charge on any atom is 0.387 e. The number of carbonyl (C=O) groups excluding carboxylic acids is 1. The predicted molar refractivity (Wildman–Crippen MR) is 111 cm³/mol. The number of amides is 1. The van der Waals surface area contributed by atoms with Crippen molar-refractivity contribution in [1.82, 2.24) is 30.1 Å². The molecule has 3 heterocycles. The summed E-state index contributed by atoms with van der Waals surface area (Å²) in [5.41, 5.74) is 2.50. The van der Waals surface area contributed by atoms with Gasteiger partial charge in [-0.05, 0) is 30.3 Å². The molecule has 0 radical (unpaired) electrons. The van der Waals surface area contributed by atoms with Crippen molar-refractivity contribution >= 4 is 5.91 Å². The summed E-state index contributed by atoms with van der Waals surface area (Å²) in [6, 6.07) is 12.1. The predicted octanol–water partition coefficient (Wildman–Crippen LogP) is 3.64. The molecule has 1 aliphatic rings. The number of alkyl halides is 2. The van der Waals surface area contributed by atoms with Crippen LogP contribution in [0.2, 0.25) is 0 Å². The van der Waals surface area contributed by atoms with E-state index in [4.69, 9.17) is 0 Å². The number of rotatable bonds is 6. The normalized spacial score (nSPS) is 13.9. The number of nitrogens with zero attached hydrogens (tertiary/aromatic N) is 5. The van der Waals surface area contributed by atoms with Crippen LogP contribution in [0.15, 0.2) is 60.9 Å². The van der Waals surface area contributed by atoms with Gasteiger partial charge in [0.15, 0.2) is 0 Å². The number of halogens is 3. The number of H-pyrrole nitrogens is 1. The van der Waals surface area contributed by atoms with Gasteiger partial charge in [-0.1, -0.05) is 23.4 Å².